The number of carboxylic acids is 1. The first kappa shape index (κ1) is 19.3. The van der Waals surface area contributed by atoms with Gasteiger partial charge in [-0.15, -0.1) is 0 Å². The number of nitrogens with one attached hydrogen (secondary N) is 1. The summed E-state index contributed by atoms with van der Waals surface area (Å²) in [4.78, 5) is 23.8. The summed E-state index contributed by atoms with van der Waals surface area (Å²) in [7, 11) is 2.97. The normalized spacial score (nSPS) is 11.5. The zero-order chi connectivity index (χ0) is 18.9. The van der Waals surface area contributed by atoms with E-state index in [1.54, 1.807) is 18.2 Å². The summed E-state index contributed by atoms with van der Waals surface area (Å²) in [6.45, 7) is 0. The third-order valence-electron chi connectivity index (χ3n) is 4.02. The molecule has 2 N–H and O–H groups in total. The highest BCUT2D eigenvalue weighted by atomic mass is 16.5. The Morgan fingerprint density at radius 2 is 1.62 bits per heavy atom. The predicted octanol–water partition coefficient (Wildman–Crippen LogP) is 2.91. The number of carbonyl (C=O) groups is 2. The Hall–Kier alpha value is -3.02. The topological polar surface area (TPSA) is 84.9 Å². The van der Waals surface area contributed by atoms with Crippen LogP contribution in [-0.2, 0) is 11.2 Å². The SMILES string of the molecule is COc1cccc(OC)c1C(=O)NC(CCC(=O)O)Cc1ccccc1. The lowest BCUT2D eigenvalue weighted by Gasteiger charge is -2.20. The van der Waals surface area contributed by atoms with Crippen molar-refractivity contribution in [2.24, 2.45) is 0 Å². The van der Waals surface area contributed by atoms with Crippen LogP contribution in [0.4, 0.5) is 0 Å². The number of hydrogen-bond acceptors (Lipinski definition) is 4. The second-order valence-electron chi connectivity index (χ2n) is 5.83. The van der Waals surface area contributed by atoms with Crippen LogP contribution in [0.5, 0.6) is 11.5 Å². The van der Waals surface area contributed by atoms with E-state index in [0.29, 0.717) is 29.9 Å². The Balaban J connectivity index is 2.21. The lowest BCUT2D eigenvalue weighted by molar-refractivity contribution is -0.137. The Morgan fingerprint density at radius 3 is 2.15 bits per heavy atom. The number of methoxy groups -OCH3 is 2. The molecule has 1 amide bonds. The van der Waals surface area contributed by atoms with E-state index >= 15 is 0 Å². The van der Waals surface area contributed by atoms with Crippen molar-refractivity contribution in [3.63, 3.8) is 0 Å². The maximum absolute atomic E-state index is 12.8. The van der Waals surface area contributed by atoms with Crippen LogP contribution in [0.3, 0.4) is 0 Å². The van der Waals surface area contributed by atoms with Gasteiger partial charge in [0.05, 0.1) is 14.2 Å². The zero-order valence-corrected chi connectivity index (χ0v) is 14.9. The lowest BCUT2D eigenvalue weighted by Crippen LogP contribution is -2.37. The second kappa shape index (κ2) is 9.46. The van der Waals surface area contributed by atoms with Gasteiger partial charge < -0.3 is 19.9 Å². The number of aliphatic carboxylic acids is 1. The maximum Gasteiger partial charge on any atom is 0.303 e. The van der Waals surface area contributed by atoms with E-state index in [1.165, 1.54) is 14.2 Å². The molecule has 0 aliphatic heterocycles. The predicted molar refractivity (Wildman–Crippen MR) is 97.8 cm³/mol. The van der Waals surface area contributed by atoms with Crippen LogP contribution < -0.4 is 14.8 Å². The summed E-state index contributed by atoms with van der Waals surface area (Å²) in [5, 5.41) is 11.9. The van der Waals surface area contributed by atoms with Crippen molar-refractivity contribution in [3.05, 3.63) is 59.7 Å². The van der Waals surface area contributed by atoms with Gasteiger partial charge in [-0.25, -0.2) is 0 Å². The summed E-state index contributed by atoms with van der Waals surface area (Å²) in [5.74, 6) is -0.449. The van der Waals surface area contributed by atoms with Gasteiger partial charge in [0.15, 0.2) is 0 Å². The molecule has 138 valence electrons. The molecule has 0 aliphatic carbocycles. The van der Waals surface area contributed by atoms with Crippen LogP contribution in [0.2, 0.25) is 0 Å². The molecule has 2 aromatic carbocycles. The van der Waals surface area contributed by atoms with Gasteiger partial charge in [0.1, 0.15) is 17.1 Å². The maximum atomic E-state index is 12.8. The summed E-state index contributed by atoms with van der Waals surface area (Å²) >= 11 is 0. The molecule has 0 spiro atoms. The molecule has 2 aromatic rings. The Labute approximate surface area is 152 Å². The number of carbonyl (C=O) groups excluding carboxylic acids is 1. The largest absolute Gasteiger partial charge is 0.496 e. The molecule has 6 nitrogen and oxygen atoms in total. The van der Waals surface area contributed by atoms with E-state index in [9.17, 15) is 9.59 Å². The smallest absolute Gasteiger partial charge is 0.303 e. The first-order valence-electron chi connectivity index (χ1n) is 8.32. The molecule has 0 bridgehead atoms. The van der Waals surface area contributed by atoms with E-state index in [0.717, 1.165) is 5.56 Å². The molecule has 6 heteroatoms. The van der Waals surface area contributed by atoms with E-state index < -0.39 is 5.97 Å². The second-order valence-corrected chi connectivity index (χ2v) is 5.83. The van der Waals surface area contributed by atoms with Gasteiger partial charge >= 0.3 is 5.97 Å². The Kier molecular flexibility index (Phi) is 7.02. The van der Waals surface area contributed by atoms with E-state index in [1.807, 2.05) is 30.3 Å². The van der Waals surface area contributed by atoms with Crippen LogP contribution in [0.25, 0.3) is 0 Å². The van der Waals surface area contributed by atoms with Gasteiger partial charge in [0.2, 0.25) is 0 Å². The molecule has 1 atom stereocenters. The van der Waals surface area contributed by atoms with E-state index in [-0.39, 0.29) is 18.4 Å². The summed E-state index contributed by atoms with van der Waals surface area (Å²) in [6, 6.07) is 14.4. The van der Waals surface area contributed by atoms with Crippen molar-refractivity contribution in [2.75, 3.05) is 14.2 Å². The van der Waals surface area contributed by atoms with Crippen LogP contribution in [0, 0.1) is 0 Å². The minimum Gasteiger partial charge on any atom is -0.496 e. The number of carboxylic acid groups (broad SMARTS) is 1. The van der Waals surface area contributed by atoms with Crippen molar-refractivity contribution in [3.8, 4) is 11.5 Å². The van der Waals surface area contributed by atoms with Gasteiger partial charge in [0.25, 0.3) is 5.91 Å². The highest BCUT2D eigenvalue weighted by Crippen LogP contribution is 2.28. The average molecular weight is 357 g/mol. The van der Waals surface area contributed by atoms with Crippen molar-refractivity contribution < 1.29 is 24.2 Å². The van der Waals surface area contributed by atoms with Gasteiger partial charge in [0, 0.05) is 12.5 Å². The number of amides is 1. The van der Waals surface area contributed by atoms with Crippen LogP contribution in [-0.4, -0.2) is 37.2 Å². The summed E-state index contributed by atoms with van der Waals surface area (Å²) in [6.07, 6.45) is 0.839. The van der Waals surface area contributed by atoms with E-state index in [2.05, 4.69) is 5.32 Å². The molecule has 0 heterocycles. The quantitative estimate of drug-likeness (QED) is 0.721. The van der Waals surface area contributed by atoms with Gasteiger partial charge in [-0.05, 0) is 30.5 Å². The molecular weight excluding hydrogens is 334 g/mol. The minimum atomic E-state index is -0.896. The fourth-order valence-electron chi connectivity index (χ4n) is 2.75. The number of benzene rings is 2. The third kappa shape index (κ3) is 5.24. The highest BCUT2D eigenvalue weighted by Gasteiger charge is 2.22. The van der Waals surface area contributed by atoms with E-state index in [4.69, 9.17) is 14.6 Å². The highest BCUT2D eigenvalue weighted by molar-refractivity contribution is 5.99. The molecule has 2 rings (SSSR count). The zero-order valence-electron chi connectivity index (χ0n) is 14.9. The molecular formula is C20H23NO5. The fraction of sp³-hybridized carbons (Fsp3) is 0.300. The monoisotopic (exact) mass is 357 g/mol. The number of ether oxygens (including phenoxy) is 2. The first-order valence-corrected chi connectivity index (χ1v) is 8.32. The average Bonchev–Trinajstić information content (AvgIpc) is 2.66. The molecule has 0 fully saturated rings. The molecule has 26 heavy (non-hydrogen) atoms. The van der Waals surface area contributed by atoms with Crippen LogP contribution >= 0.6 is 0 Å². The Bertz CT molecular complexity index is 723. The molecule has 0 aliphatic rings. The van der Waals surface area contributed by atoms with Crippen molar-refractivity contribution in [1.82, 2.24) is 5.32 Å². The van der Waals surface area contributed by atoms with Gasteiger partial charge in [-0.3, -0.25) is 9.59 Å². The van der Waals surface area contributed by atoms with Crippen LogP contribution in [0.1, 0.15) is 28.8 Å². The summed E-state index contributed by atoms with van der Waals surface area (Å²) in [5.41, 5.74) is 1.32. The first-order chi connectivity index (χ1) is 12.5. The molecule has 0 radical (unpaired) electrons. The molecule has 1 unspecified atom stereocenters. The molecule has 0 saturated heterocycles. The standard InChI is InChI=1S/C20H23NO5/c1-25-16-9-6-10-17(26-2)19(16)20(24)21-15(11-12-18(22)23)13-14-7-4-3-5-8-14/h3-10,15H,11-13H2,1-2H3,(H,21,24)(H,22,23). The van der Waals surface area contributed by atoms with Crippen molar-refractivity contribution in [1.29, 1.82) is 0 Å². The summed E-state index contributed by atoms with van der Waals surface area (Å²) < 4.78 is 10.5. The van der Waals surface area contributed by atoms with Crippen LogP contribution in [0.15, 0.2) is 48.5 Å². The lowest BCUT2D eigenvalue weighted by atomic mass is 10.0. The Morgan fingerprint density at radius 1 is 1.00 bits per heavy atom. The van der Waals surface area contributed by atoms with Gasteiger partial charge in [-0.1, -0.05) is 36.4 Å². The minimum absolute atomic E-state index is 0.0269. The molecule has 0 saturated carbocycles. The number of rotatable bonds is 9. The van der Waals surface area contributed by atoms with Crippen molar-refractivity contribution in [2.45, 2.75) is 25.3 Å². The number of hydrogen-bond donors (Lipinski definition) is 2. The van der Waals surface area contributed by atoms with Gasteiger partial charge in [-0.2, -0.15) is 0 Å². The molecule has 0 aromatic heterocycles. The third-order valence-corrected chi connectivity index (χ3v) is 4.02. The van der Waals surface area contributed by atoms with Crippen molar-refractivity contribution >= 4 is 11.9 Å². The fourth-order valence-corrected chi connectivity index (χ4v) is 2.75.